The summed E-state index contributed by atoms with van der Waals surface area (Å²) >= 11 is 1.52. The summed E-state index contributed by atoms with van der Waals surface area (Å²) in [5.41, 5.74) is 6.71. The topological polar surface area (TPSA) is 42.2 Å². The molecule has 1 aliphatic heterocycles. The van der Waals surface area contributed by atoms with Gasteiger partial charge in [-0.15, -0.1) is 11.3 Å². The fourth-order valence-electron chi connectivity index (χ4n) is 2.49. The molecule has 0 atom stereocenters. The molecule has 3 nitrogen and oxygen atoms in total. The number of nitrogens with two attached hydrogens (primary N) is 1. The smallest absolute Gasteiger partial charge is 0.348 e. The minimum absolute atomic E-state index is 0.157. The van der Waals surface area contributed by atoms with Crippen molar-refractivity contribution in [2.24, 2.45) is 11.7 Å². The molecule has 0 saturated carbocycles. The molecular weight excluding hydrogens is 287 g/mol. The van der Waals surface area contributed by atoms with E-state index < -0.39 is 12.1 Å². The van der Waals surface area contributed by atoms with Crippen molar-refractivity contribution in [3.8, 4) is 0 Å². The number of rotatable bonds is 4. The third kappa shape index (κ3) is 3.44. The fourth-order valence-corrected chi connectivity index (χ4v) is 3.53. The third-order valence-corrected chi connectivity index (χ3v) is 4.85. The molecule has 0 spiro atoms. The lowest BCUT2D eigenvalue weighted by Crippen LogP contribution is -2.38. The van der Waals surface area contributed by atoms with E-state index in [1.54, 1.807) is 0 Å². The second-order valence-electron chi connectivity index (χ2n) is 5.12. The molecule has 2 heterocycles. The molecule has 114 valence electrons. The first-order valence-corrected chi connectivity index (χ1v) is 7.77. The zero-order valence-corrected chi connectivity index (χ0v) is 12.4. The third-order valence-electron chi connectivity index (χ3n) is 3.67. The Morgan fingerprint density at radius 2 is 2.00 bits per heavy atom. The average Bonchev–Trinajstić information content (AvgIpc) is 2.81. The van der Waals surface area contributed by atoms with Crippen LogP contribution in [0, 0.1) is 5.92 Å². The number of hydrogen-bond acceptors (Lipinski definition) is 4. The molecule has 1 saturated heterocycles. The van der Waals surface area contributed by atoms with E-state index in [2.05, 4.69) is 11.9 Å². The van der Waals surface area contributed by atoms with Gasteiger partial charge in [-0.3, -0.25) is 0 Å². The summed E-state index contributed by atoms with van der Waals surface area (Å²) in [5.74, 6) is -1.16. The Hall–Kier alpha value is -0.820. The van der Waals surface area contributed by atoms with Crippen LogP contribution < -0.4 is 10.6 Å². The molecule has 2 N–H and O–H groups in total. The van der Waals surface area contributed by atoms with Crippen LogP contribution in [0.5, 0.6) is 0 Å². The summed E-state index contributed by atoms with van der Waals surface area (Å²) < 4.78 is 37.9. The highest BCUT2D eigenvalue weighted by molar-refractivity contribution is 7.15. The number of alkyl halides is 3. The molecule has 0 amide bonds. The lowest BCUT2D eigenvalue weighted by atomic mass is 9.97. The van der Waals surface area contributed by atoms with Crippen molar-refractivity contribution in [2.45, 2.75) is 45.3 Å². The second kappa shape index (κ2) is 6.30. The Kier molecular flexibility index (Phi) is 4.90. The number of halogens is 3. The predicted molar refractivity (Wildman–Crippen MR) is 75.0 cm³/mol. The summed E-state index contributed by atoms with van der Waals surface area (Å²) in [6.07, 6.45) is -1.88. The first-order chi connectivity index (χ1) is 9.45. The number of aromatic nitrogens is 1. The molecule has 2 rings (SSSR count). The van der Waals surface area contributed by atoms with Crippen molar-refractivity contribution in [2.75, 3.05) is 18.0 Å². The summed E-state index contributed by atoms with van der Waals surface area (Å²) in [6, 6.07) is 0. The highest BCUT2D eigenvalue weighted by Gasteiger charge is 2.41. The van der Waals surface area contributed by atoms with Crippen molar-refractivity contribution in [3.63, 3.8) is 0 Å². The number of piperidine rings is 1. The number of nitrogens with zero attached hydrogens (tertiary/aromatic N) is 2. The van der Waals surface area contributed by atoms with Crippen molar-refractivity contribution in [1.82, 2.24) is 4.98 Å². The van der Waals surface area contributed by atoms with Gasteiger partial charge >= 0.3 is 6.18 Å². The zero-order valence-electron chi connectivity index (χ0n) is 11.5. The normalized spacial score (nSPS) is 17.8. The van der Waals surface area contributed by atoms with Crippen LogP contribution in [0.25, 0.3) is 0 Å². The van der Waals surface area contributed by atoms with Gasteiger partial charge in [0.15, 0.2) is 5.13 Å². The monoisotopic (exact) mass is 307 g/mol. The van der Waals surface area contributed by atoms with Crippen LogP contribution in [0.4, 0.5) is 18.3 Å². The fraction of sp³-hybridized carbons (Fsp3) is 0.769. The van der Waals surface area contributed by atoms with Gasteiger partial charge in [0, 0.05) is 24.5 Å². The van der Waals surface area contributed by atoms with E-state index in [1.807, 2.05) is 4.90 Å². The van der Waals surface area contributed by atoms with Crippen LogP contribution in [0.1, 0.15) is 36.8 Å². The molecule has 7 heteroatoms. The van der Waals surface area contributed by atoms with Gasteiger partial charge in [0.05, 0.1) is 11.6 Å². The van der Waals surface area contributed by atoms with Gasteiger partial charge in [-0.05, 0) is 19.3 Å². The SMILES string of the molecule is CCCc1nc(N2CCC(C(F)(F)F)CC2)sc1CN. The Balaban J connectivity index is 2.03. The van der Waals surface area contributed by atoms with Gasteiger partial charge in [0.1, 0.15) is 0 Å². The van der Waals surface area contributed by atoms with E-state index in [0.717, 1.165) is 28.5 Å². The van der Waals surface area contributed by atoms with Crippen LogP contribution in [0.15, 0.2) is 0 Å². The van der Waals surface area contributed by atoms with Crippen LogP contribution in [0.3, 0.4) is 0 Å². The van der Waals surface area contributed by atoms with E-state index in [-0.39, 0.29) is 12.8 Å². The second-order valence-corrected chi connectivity index (χ2v) is 6.19. The molecule has 20 heavy (non-hydrogen) atoms. The van der Waals surface area contributed by atoms with Crippen LogP contribution in [0.2, 0.25) is 0 Å². The molecule has 0 radical (unpaired) electrons. The number of aryl methyl sites for hydroxylation is 1. The lowest BCUT2D eigenvalue weighted by molar-refractivity contribution is -0.179. The van der Waals surface area contributed by atoms with E-state index >= 15 is 0 Å². The van der Waals surface area contributed by atoms with Gasteiger partial charge < -0.3 is 10.6 Å². The van der Waals surface area contributed by atoms with Crippen LogP contribution >= 0.6 is 11.3 Å². The molecular formula is C13H20F3N3S. The van der Waals surface area contributed by atoms with Gasteiger partial charge in [-0.25, -0.2) is 4.98 Å². The largest absolute Gasteiger partial charge is 0.391 e. The van der Waals surface area contributed by atoms with Crippen LogP contribution in [-0.4, -0.2) is 24.2 Å². The summed E-state index contributed by atoms with van der Waals surface area (Å²) in [5, 5.41) is 0.828. The maximum Gasteiger partial charge on any atom is 0.391 e. The predicted octanol–water partition coefficient (Wildman–Crippen LogP) is 3.33. The van der Waals surface area contributed by atoms with Gasteiger partial charge in [0.2, 0.25) is 0 Å². The van der Waals surface area contributed by atoms with Crippen molar-refractivity contribution >= 4 is 16.5 Å². The average molecular weight is 307 g/mol. The molecule has 1 aliphatic rings. The standard InChI is InChI=1S/C13H20F3N3S/c1-2-3-10-11(8-17)20-12(18-10)19-6-4-9(5-7-19)13(14,15)16/h9H,2-8,17H2,1H3. The summed E-state index contributed by atoms with van der Waals surface area (Å²) in [6.45, 7) is 3.38. The number of anilines is 1. The number of hydrogen-bond donors (Lipinski definition) is 1. The number of thiazole rings is 1. The van der Waals surface area contributed by atoms with Crippen molar-refractivity contribution < 1.29 is 13.2 Å². The Morgan fingerprint density at radius 3 is 2.50 bits per heavy atom. The van der Waals surface area contributed by atoms with Gasteiger partial charge in [-0.2, -0.15) is 13.2 Å². The van der Waals surface area contributed by atoms with E-state index in [1.165, 1.54) is 11.3 Å². The first-order valence-electron chi connectivity index (χ1n) is 6.96. The Labute approximate surface area is 121 Å². The maximum absolute atomic E-state index is 12.6. The lowest BCUT2D eigenvalue weighted by Gasteiger charge is -2.32. The van der Waals surface area contributed by atoms with E-state index in [0.29, 0.717) is 19.6 Å². The van der Waals surface area contributed by atoms with E-state index in [4.69, 9.17) is 5.73 Å². The van der Waals surface area contributed by atoms with Gasteiger partial charge in [0.25, 0.3) is 0 Å². The minimum Gasteiger partial charge on any atom is -0.348 e. The first kappa shape index (κ1) is 15.6. The molecule has 0 bridgehead atoms. The minimum atomic E-state index is -4.06. The molecule has 0 aromatic carbocycles. The molecule has 1 aromatic heterocycles. The highest BCUT2D eigenvalue weighted by atomic mass is 32.1. The molecule has 0 aliphatic carbocycles. The Morgan fingerprint density at radius 1 is 1.35 bits per heavy atom. The summed E-state index contributed by atoms with van der Waals surface area (Å²) in [4.78, 5) is 7.58. The maximum atomic E-state index is 12.6. The molecule has 1 aromatic rings. The van der Waals surface area contributed by atoms with E-state index in [9.17, 15) is 13.2 Å². The molecule has 0 unspecified atom stereocenters. The van der Waals surface area contributed by atoms with Gasteiger partial charge in [-0.1, -0.05) is 13.3 Å². The van der Waals surface area contributed by atoms with Crippen LogP contribution in [-0.2, 0) is 13.0 Å². The van der Waals surface area contributed by atoms with Crippen molar-refractivity contribution in [3.05, 3.63) is 10.6 Å². The summed E-state index contributed by atoms with van der Waals surface area (Å²) in [7, 11) is 0. The highest BCUT2D eigenvalue weighted by Crippen LogP contribution is 2.36. The zero-order chi connectivity index (χ0) is 14.8. The molecule has 1 fully saturated rings. The Bertz CT molecular complexity index is 437. The van der Waals surface area contributed by atoms with Crippen molar-refractivity contribution in [1.29, 1.82) is 0 Å². The quantitative estimate of drug-likeness (QED) is 0.927.